The van der Waals surface area contributed by atoms with Crippen LogP contribution in [0.4, 0.5) is 0 Å². The molecule has 4 rings (SSSR count). The van der Waals surface area contributed by atoms with E-state index in [1.807, 2.05) is 0 Å². The molecule has 0 spiro atoms. The van der Waals surface area contributed by atoms with Crippen LogP contribution >= 0.6 is 0 Å². The zero-order chi connectivity index (χ0) is 14.0. The molecule has 0 aromatic rings. The third-order valence-corrected chi connectivity index (χ3v) is 8.17. The summed E-state index contributed by atoms with van der Waals surface area (Å²) in [6.45, 7) is 5.04. The van der Waals surface area contributed by atoms with Crippen molar-refractivity contribution in [3.8, 4) is 0 Å². The van der Waals surface area contributed by atoms with Crippen LogP contribution in [0.3, 0.4) is 0 Å². The third kappa shape index (κ3) is 1.64. The topological polar surface area (TPSA) is 17.1 Å². The van der Waals surface area contributed by atoms with Crippen LogP contribution in [0.5, 0.6) is 0 Å². The van der Waals surface area contributed by atoms with Gasteiger partial charge in [0.05, 0.1) is 0 Å². The predicted molar refractivity (Wildman–Crippen MR) is 81.4 cm³/mol. The highest BCUT2D eigenvalue weighted by molar-refractivity contribution is 5.83. The van der Waals surface area contributed by atoms with Crippen LogP contribution < -0.4 is 0 Å². The minimum Gasteiger partial charge on any atom is -0.299 e. The van der Waals surface area contributed by atoms with E-state index in [1.165, 1.54) is 57.8 Å². The van der Waals surface area contributed by atoms with Gasteiger partial charge in [-0.15, -0.1) is 0 Å². The van der Waals surface area contributed by atoms with Gasteiger partial charge in [0.1, 0.15) is 5.78 Å². The highest BCUT2D eigenvalue weighted by Crippen LogP contribution is 2.65. The largest absolute Gasteiger partial charge is 0.299 e. The Morgan fingerprint density at radius 3 is 2.60 bits per heavy atom. The van der Waals surface area contributed by atoms with Gasteiger partial charge in [0.25, 0.3) is 0 Å². The van der Waals surface area contributed by atoms with Gasteiger partial charge in [-0.25, -0.2) is 0 Å². The van der Waals surface area contributed by atoms with E-state index >= 15 is 0 Å². The summed E-state index contributed by atoms with van der Waals surface area (Å²) in [6.07, 6.45) is 13.3. The van der Waals surface area contributed by atoms with E-state index in [4.69, 9.17) is 0 Å². The molecule has 1 nitrogen and oxygen atoms in total. The Bertz CT molecular complexity index is 427. The minimum absolute atomic E-state index is 0.440. The number of hydrogen-bond donors (Lipinski definition) is 0. The van der Waals surface area contributed by atoms with E-state index in [9.17, 15) is 4.79 Å². The van der Waals surface area contributed by atoms with Crippen LogP contribution in [-0.4, -0.2) is 5.78 Å². The van der Waals surface area contributed by atoms with Gasteiger partial charge in [0.2, 0.25) is 0 Å². The molecule has 0 aromatic carbocycles. The molecule has 4 aliphatic rings. The summed E-state index contributed by atoms with van der Waals surface area (Å²) in [7, 11) is 0. The molecular formula is C19H30O. The van der Waals surface area contributed by atoms with Crippen LogP contribution in [0, 0.1) is 34.5 Å². The highest BCUT2D eigenvalue weighted by Gasteiger charge is 2.59. The Kier molecular flexibility index (Phi) is 2.89. The Hall–Kier alpha value is -0.330. The number of rotatable bonds is 0. The molecule has 1 heteroatoms. The minimum atomic E-state index is 0.440. The second-order valence-corrected chi connectivity index (χ2v) is 8.94. The maximum absolute atomic E-state index is 12.9. The van der Waals surface area contributed by atoms with E-state index < -0.39 is 0 Å². The molecule has 0 aromatic heterocycles. The van der Waals surface area contributed by atoms with Crippen molar-refractivity contribution in [1.82, 2.24) is 0 Å². The first-order valence-corrected chi connectivity index (χ1v) is 9.07. The first kappa shape index (κ1) is 13.3. The SMILES string of the molecule is C[C@@]12CCC[C@H]1[C@@H]1C(=O)CC3CCCC[C@]3(C)[C@@H]1CC2. The van der Waals surface area contributed by atoms with Crippen LogP contribution in [0.25, 0.3) is 0 Å². The summed E-state index contributed by atoms with van der Waals surface area (Å²) >= 11 is 0. The van der Waals surface area contributed by atoms with Gasteiger partial charge in [-0.05, 0) is 67.1 Å². The van der Waals surface area contributed by atoms with Crippen LogP contribution in [0.2, 0.25) is 0 Å². The first-order valence-electron chi connectivity index (χ1n) is 9.07. The van der Waals surface area contributed by atoms with Crippen molar-refractivity contribution in [1.29, 1.82) is 0 Å². The van der Waals surface area contributed by atoms with E-state index in [2.05, 4.69) is 13.8 Å². The Morgan fingerprint density at radius 1 is 0.900 bits per heavy atom. The number of Topliss-reactive ketones (excluding diaryl/α,β-unsaturated/α-hetero) is 1. The molecule has 1 unspecified atom stereocenters. The third-order valence-electron chi connectivity index (χ3n) is 8.17. The summed E-state index contributed by atoms with van der Waals surface area (Å²) in [4.78, 5) is 12.9. The monoisotopic (exact) mass is 274 g/mol. The second-order valence-electron chi connectivity index (χ2n) is 8.94. The molecular weight excluding hydrogens is 244 g/mol. The summed E-state index contributed by atoms with van der Waals surface area (Å²) in [6, 6.07) is 0. The lowest BCUT2D eigenvalue weighted by atomic mass is 9.45. The fourth-order valence-corrected chi connectivity index (χ4v) is 6.95. The van der Waals surface area contributed by atoms with Crippen molar-refractivity contribution in [2.24, 2.45) is 34.5 Å². The predicted octanol–water partition coefficient (Wildman–Crippen LogP) is 4.99. The molecule has 0 aliphatic heterocycles. The van der Waals surface area contributed by atoms with Gasteiger partial charge in [0.15, 0.2) is 0 Å². The van der Waals surface area contributed by atoms with Gasteiger partial charge in [0, 0.05) is 12.3 Å². The highest BCUT2D eigenvalue weighted by atomic mass is 16.1. The zero-order valence-electron chi connectivity index (χ0n) is 13.3. The van der Waals surface area contributed by atoms with Gasteiger partial charge in [-0.1, -0.05) is 33.1 Å². The number of carbonyl (C=O) groups is 1. The second kappa shape index (κ2) is 4.34. The van der Waals surface area contributed by atoms with Crippen molar-refractivity contribution in [2.75, 3.05) is 0 Å². The van der Waals surface area contributed by atoms with Gasteiger partial charge in [-0.2, -0.15) is 0 Å². The normalized spacial score (nSPS) is 55.0. The molecule has 112 valence electrons. The number of hydrogen-bond acceptors (Lipinski definition) is 1. The van der Waals surface area contributed by atoms with Crippen LogP contribution in [0.15, 0.2) is 0 Å². The van der Waals surface area contributed by atoms with Crippen molar-refractivity contribution < 1.29 is 4.79 Å². The fraction of sp³-hybridized carbons (Fsp3) is 0.947. The summed E-state index contributed by atoms with van der Waals surface area (Å²) in [5, 5.41) is 0. The molecule has 4 saturated carbocycles. The van der Waals surface area contributed by atoms with E-state index in [0.717, 1.165) is 24.2 Å². The zero-order valence-corrected chi connectivity index (χ0v) is 13.3. The Morgan fingerprint density at radius 2 is 1.75 bits per heavy atom. The average molecular weight is 274 g/mol. The number of ketones is 1. The fourth-order valence-electron chi connectivity index (χ4n) is 6.95. The van der Waals surface area contributed by atoms with E-state index in [0.29, 0.717) is 22.5 Å². The summed E-state index contributed by atoms with van der Waals surface area (Å²) < 4.78 is 0. The van der Waals surface area contributed by atoms with Crippen LogP contribution in [0.1, 0.15) is 78.1 Å². The number of carbonyl (C=O) groups excluding carboxylic acids is 1. The summed E-state index contributed by atoms with van der Waals surface area (Å²) in [5.74, 6) is 3.28. The maximum atomic E-state index is 12.9. The van der Waals surface area contributed by atoms with Crippen molar-refractivity contribution in [2.45, 2.75) is 78.1 Å². The lowest BCUT2D eigenvalue weighted by molar-refractivity contribution is -0.153. The molecule has 20 heavy (non-hydrogen) atoms. The molecule has 4 fully saturated rings. The molecule has 0 heterocycles. The summed E-state index contributed by atoms with van der Waals surface area (Å²) in [5.41, 5.74) is 1.01. The maximum Gasteiger partial charge on any atom is 0.136 e. The van der Waals surface area contributed by atoms with Crippen LogP contribution in [-0.2, 0) is 4.79 Å². The standard InChI is InChI=1S/C19H30O/c1-18-9-5-7-14(18)17-15(8-11-18)19(2)10-4-3-6-13(19)12-16(17)20/h13-15,17H,3-12H2,1-2H3/t13?,14-,15+,17-,18-,19-/m0/s1. The molecule has 0 radical (unpaired) electrons. The lowest BCUT2D eigenvalue weighted by Gasteiger charge is -2.59. The molecule has 0 saturated heterocycles. The van der Waals surface area contributed by atoms with Crippen molar-refractivity contribution in [3.05, 3.63) is 0 Å². The molecule has 0 amide bonds. The Balaban J connectivity index is 1.71. The smallest absolute Gasteiger partial charge is 0.136 e. The van der Waals surface area contributed by atoms with Gasteiger partial charge < -0.3 is 0 Å². The Labute approximate surface area is 123 Å². The lowest BCUT2D eigenvalue weighted by Crippen LogP contribution is -2.55. The van der Waals surface area contributed by atoms with Gasteiger partial charge >= 0.3 is 0 Å². The van der Waals surface area contributed by atoms with Crippen molar-refractivity contribution in [3.63, 3.8) is 0 Å². The first-order chi connectivity index (χ1) is 9.55. The number of fused-ring (bicyclic) bond motifs is 5. The molecule has 0 bridgehead atoms. The molecule has 0 N–H and O–H groups in total. The van der Waals surface area contributed by atoms with E-state index in [-0.39, 0.29) is 0 Å². The molecule has 6 atom stereocenters. The molecule has 4 aliphatic carbocycles. The average Bonchev–Trinajstić information content (AvgIpc) is 2.81. The van der Waals surface area contributed by atoms with E-state index in [1.54, 1.807) is 0 Å². The van der Waals surface area contributed by atoms with Crippen molar-refractivity contribution >= 4 is 5.78 Å². The van der Waals surface area contributed by atoms with Gasteiger partial charge in [-0.3, -0.25) is 4.79 Å². The quantitative estimate of drug-likeness (QED) is 0.608.